The van der Waals surface area contributed by atoms with E-state index in [0.29, 0.717) is 5.92 Å². The minimum Gasteiger partial charge on any atom is -0.496 e. The summed E-state index contributed by atoms with van der Waals surface area (Å²) in [6, 6.07) is 7.88. The number of benzene rings is 1. The average molecular weight is 249 g/mol. The highest BCUT2D eigenvalue weighted by Crippen LogP contribution is 2.31. The summed E-state index contributed by atoms with van der Waals surface area (Å²) < 4.78 is 10.1. The van der Waals surface area contributed by atoms with Crippen molar-refractivity contribution in [2.24, 2.45) is 0 Å². The van der Waals surface area contributed by atoms with Gasteiger partial charge in [0.05, 0.1) is 14.2 Å². The molecule has 0 amide bonds. The quantitative estimate of drug-likeness (QED) is 0.828. The van der Waals surface area contributed by atoms with Crippen LogP contribution in [0.5, 0.6) is 5.75 Å². The number of ether oxygens (including phenoxy) is 2. The summed E-state index contributed by atoms with van der Waals surface area (Å²) in [5, 5.41) is 3.24. The number of nitrogens with one attached hydrogen (secondary N) is 1. The molecule has 0 aliphatic carbocycles. The van der Waals surface area contributed by atoms with Crippen LogP contribution in [0, 0.1) is 0 Å². The van der Waals surface area contributed by atoms with Crippen molar-refractivity contribution in [2.45, 2.75) is 24.8 Å². The van der Waals surface area contributed by atoms with Gasteiger partial charge in [-0.05, 0) is 24.5 Å². The van der Waals surface area contributed by atoms with Gasteiger partial charge in [-0.3, -0.25) is 4.79 Å². The number of carbonyl (C=O) groups is 1. The molecule has 1 heterocycles. The molecule has 1 aromatic carbocycles. The van der Waals surface area contributed by atoms with Crippen LogP contribution in [0.1, 0.15) is 24.3 Å². The van der Waals surface area contributed by atoms with Crippen LogP contribution in [0.3, 0.4) is 0 Å². The highest BCUT2D eigenvalue weighted by Gasteiger charge is 2.28. The Morgan fingerprint density at radius 1 is 1.28 bits per heavy atom. The Bertz CT molecular complexity index is 411. The van der Waals surface area contributed by atoms with E-state index in [4.69, 9.17) is 9.47 Å². The molecule has 98 valence electrons. The maximum atomic E-state index is 11.4. The fraction of sp³-hybridized carbons (Fsp3) is 0.500. The third kappa shape index (κ3) is 2.64. The highest BCUT2D eigenvalue weighted by molar-refractivity contribution is 5.75. The van der Waals surface area contributed by atoms with Crippen molar-refractivity contribution >= 4 is 5.97 Å². The second-order valence-electron chi connectivity index (χ2n) is 4.50. The molecule has 1 N–H and O–H groups in total. The molecule has 2 unspecified atom stereocenters. The van der Waals surface area contributed by atoms with E-state index < -0.39 is 0 Å². The van der Waals surface area contributed by atoms with Crippen LogP contribution in [-0.2, 0) is 9.53 Å². The average Bonchev–Trinajstić information content (AvgIpc) is 2.46. The number of carbonyl (C=O) groups excluding carboxylic acids is 1. The van der Waals surface area contributed by atoms with Crippen molar-refractivity contribution in [3.05, 3.63) is 29.8 Å². The first-order valence-electron chi connectivity index (χ1n) is 6.20. The molecule has 4 heteroatoms. The van der Waals surface area contributed by atoms with E-state index in [2.05, 4.69) is 11.4 Å². The minimum atomic E-state index is -0.173. The maximum Gasteiger partial charge on any atom is 0.322 e. The Labute approximate surface area is 107 Å². The van der Waals surface area contributed by atoms with Gasteiger partial charge in [-0.1, -0.05) is 18.2 Å². The van der Waals surface area contributed by atoms with E-state index in [1.54, 1.807) is 7.11 Å². The number of methoxy groups -OCH3 is 2. The van der Waals surface area contributed by atoms with Gasteiger partial charge in [-0.15, -0.1) is 0 Å². The monoisotopic (exact) mass is 249 g/mol. The first-order chi connectivity index (χ1) is 8.76. The van der Waals surface area contributed by atoms with Crippen LogP contribution in [0.4, 0.5) is 0 Å². The smallest absolute Gasteiger partial charge is 0.322 e. The molecule has 0 aromatic heterocycles. The van der Waals surface area contributed by atoms with E-state index in [1.165, 1.54) is 12.7 Å². The summed E-state index contributed by atoms with van der Waals surface area (Å²) >= 11 is 0. The molecule has 0 spiro atoms. The lowest BCUT2D eigenvalue weighted by Crippen LogP contribution is -2.43. The van der Waals surface area contributed by atoms with E-state index in [9.17, 15) is 4.79 Å². The summed E-state index contributed by atoms with van der Waals surface area (Å²) in [6.07, 6.45) is 1.77. The Morgan fingerprint density at radius 2 is 2.06 bits per heavy atom. The molecule has 18 heavy (non-hydrogen) atoms. The standard InChI is InChI=1S/C14H19NO3/c1-17-13-6-4-3-5-11(13)10-7-8-12(15-9-10)14(16)18-2/h3-6,10,12,15H,7-9H2,1-2H3. The van der Waals surface area contributed by atoms with Crippen molar-refractivity contribution in [1.29, 1.82) is 0 Å². The third-order valence-corrected chi connectivity index (χ3v) is 3.48. The molecule has 0 bridgehead atoms. The molecule has 1 saturated heterocycles. The molecule has 0 saturated carbocycles. The summed E-state index contributed by atoms with van der Waals surface area (Å²) in [5.41, 5.74) is 1.20. The fourth-order valence-corrected chi connectivity index (χ4v) is 2.47. The van der Waals surface area contributed by atoms with Gasteiger partial charge in [0.1, 0.15) is 11.8 Å². The van der Waals surface area contributed by atoms with Gasteiger partial charge < -0.3 is 14.8 Å². The molecule has 1 aliphatic heterocycles. The van der Waals surface area contributed by atoms with Crippen molar-refractivity contribution in [2.75, 3.05) is 20.8 Å². The fourth-order valence-electron chi connectivity index (χ4n) is 2.47. The lowest BCUT2D eigenvalue weighted by molar-refractivity contribution is -0.143. The van der Waals surface area contributed by atoms with Gasteiger partial charge in [0, 0.05) is 12.5 Å². The first kappa shape index (κ1) is 12.9. The van der Waals surface area contributed by atoms with Crippen molar-refractivity contribution in [1.82, 2.24) is 5.32 Å². The Balaban J connectivity index is 2.03. The molecular formula is C14H19NO3. The Kier molecular flexibility index (Phi) is 4.20. The molecular weight excluding hydrogens is 230 g/mol. The van der Waals surface area contributed by atoms with E-state index in [0.717, 1.165) is 25.1 Å². The van der Waals surface area contributed by atoms with Crippen LogP contribution in [0.25, 0.3) is 0 Å². The molecule has 1 aromatic rings. The van der Waals surface area contributed by atoms with Crippen LogP contribution < -0.4 is 10.1 Å². The van der Waals surface area contributed by atoms with E-state index in [-0.39, 0.29) is 12.0 Å². The van der Waals surface area contributed by atoms with Crippen LogP contribution in [-0.4, -0.2) is 32.8 Å². The number of piperidine rings is 1. The summed E-state index contributed by atoms with van der Waals surface area (Å²) in [6.45, 7) is 0.778. The highest BCUT2D eigenvalue weighted by atomic mass is 16.5. The number of hydrogen-bond acceptors (Lipinski definition) is 4. The third-order valence-electron chi connectivity index (χ3n) is 3.48. The van der Waals surface area contributed by atoms with Gasteiger partial charge in [0.15, 0.2) is 0 Å². The van der Waals surface area contributed by atoms with Gasteiger partial charge >= 0.3 is 5.97 Å². The summed E-state index contributed by atoms with van der Waals surface area (Å²) in [4.78, 5) is 11.4. The number of para-hydroxylation sites is 1. The molecule has 1 fully saturated rings. The van der Waals surface area contributed by atoms with Crippen LogP contribution in [0.15, 0.2) is 24.3 Å². The molecule has 0 radical (unpaired) electrons. The van der Waals surface area contributed by atoms with Gasteiger partial charge in [0.2, 0.25) is 0 Å². The second kappa shape index (κ2) is 5.87. The predicted molar refractivity (Wildman–Crippen MR) is 68.8 cm³/mol. The van der Waals surface area contributed by atoms with Crippen LogP contribution >= 0.6 is 0 Å². The molecule has 2 rings (SSSR count). The first-order valence-corrected chi connectivity index (χ1v) is 6.20. The summed E-state index contributed by atoms with van der Waals surface area (Å²) in [7, 11) is 3.11. The summed E-state index contributed by atoms with van der Waals surface area (Å²) in [5.74, 6) is 1.14. The zero-order valence-corrected chi connectivity index (χ0v) is 10.8. The van der Waals surface area contributed by atoms with E-state index in [1.807, 2.05) is 18.2 Å². The van der Waals surface area contributed by atoms with Gasteiger partial charge in [0.25, 0.3) is 0 Å². The van der Waals surface area contributed by atoms with E-state index >= 15 is 0 Å². The zero-order valence-electron chi connectivity index (χ0n) is 10.8. The number of rotatable bonds is 3. The molecule has 1 aliphatic rings. The van der Waals surface area contributed by atoms with Crippen molar-refractivity contribution in [3.8, 4) is 5.75 Å². The number of esters is 1. The SMILES string of the molecule is COC(=O)C1CCC(c2ccccc2OC)CN1. The number of hydrogen-bond donors (Lipinski definition) is 1. The lowest BCUT2D eigenvalue weighted by atomic mass is 9.88. The van der Waals surface area contributed by atoms with Crippen LogP contribution in [0.2, 0.25) is 0 Å². The molecule has 2 atom stereocenters. The predicted octanol–water partition coefficient (Wildman–Crippen LogP) is 1.70. The van der Waals surface area contributed by atoms with Crippen molar-refractivity contribution in [3.63, 3.8) is 0 Å². The Hall–Kier alpha value is -1.55. The molecule has 4 nitrogen and oxygen atoms in total. The van der Waals surface area contributed by atoms with Crippen molar-refractivity contribution < 1.29 is 14.3 Å². The maximum absolute atomic E-state index is 11.4. The second-order valence-corrected chi connectivity index (χ2v) is 4.50. The zero-order chi connectivity index (χ0) is 13.0. The van der Waals surface area contributed by atoms with Gasteiger partial charge in [-0.25, -0.2) is 0 Å². The topological polar surface area (TPSA) is 47.6 Å². The minimum absolute atomic E-state index is 0.166. The normalized spacial score (nSPS) is 23.4. The largest absolute Gasteiger partial charge is 0.496 e. The Morgan fingerprint density at radius 3 is 2.67 bits per heavy atom. The van der Waals surface area contributed by atoms with Gasteiger partial charge in [-0.2, -0.15) is 0 Å². The lowest BCUT2D eigenvalue weighted by Gasteiger charge is -2.29.